The van der Waals surface area contributed by atoms with Gasteiger partial charge in [0.05, 0.1) is 12.8 Å². The third-order valence-corrected chi connectivity index (χ3v) is 5.51. The van der Waals surface area contributed by atoms with Crippen LogP contribution in [-0.4, -0.2) is 17.4 Å². The van der Waals surface area contributed by atoms with Crippen LogP contribution < -0.4 is 4.74 Å². The van der Waals surface area contributed by atoms with Crippen LogP contribution in [0.3, 0.4) is 0 Å². The van der Waals surface area contributed by atoms with E-state index in [1.807, 2.05) is 6.07 Å². The average Bonchev–Trinajstić information content (AvgIpc) is 2.91. The Morgan fingerprint density at radius 1 is 1.30 bits per heavy atom. The van der Waals surface area contributed by atoms with Crippen LogP contribution in [0.1, 0.15) is 43.0 Å². The van der Waals surface area contributed by atoms with Crippen LogP contribution in [0.5, 0.6) is 5.75 Å². The van der Waals surface area contributed by atoms with Crippen LogP contribution in [0, 0.1) is 29.6 Å². The van der Waals surface area contributed by atoms with Crippen LogP contribution in [0.4, 0.5) is 0 Å². The Morgan fingerprint density at radius 3 is 2.75 bits per heavy atom. The first-order chi connectivity index (χ1) is 9.79. The van der Waals surface area contributed by atoms with E-state index < -0.39 is 0 Å². The van der Waals surface area contributed by atoms with Crippen molar-refractivity contribution in [3.05, 3.63) is 24.0 Å². The van der Waals surface area contributed by atoms with Crippen molar-refractivity contribution in [2.45, 2.75) is 32.6 Å². The molecule has 4 atom stereocenters. The van der Waals surface area contributed by atoms with Crippen molar-refractivity contribution in [3.8, 4) is 5.75 Å². The molecule has 3 nitrogen and oxygen atoms in total. The van der Waals surface area contributed by atoms with Gasteiger partial charge < -0.3 is 4.74 Å². The molecule has 3 saturated carbocycles. The van der Waals surface area contributed by atoms with E-state index in [1.165, 1.54) is 19.3 Å². The highest BCUT2D eigenvalue weighted by Crippen LogP contribution is 2.69. The molecule has 3 aliphatic carbocycles. The molecule has 0 N–H and O–H groups in total. The standard InChI is InChI=1S/C17H21NO2/c1-2-5-20-13-7-12(8-18-9-13)17(19)16-14-10-3-4-11(6-10)15(14)16/h7-11,14-16H,2-6H2,1H3. The smallest absolute Gasteiger partial charge is 0.168 e. The fourth-order valence-corrected chi connectivity index (χ4v) is 4.72. The summed E-state index contributed by atoms with van der Waals surface area (Å²) in [6.45, 7) is 2.75. The fourth-order valence-electron chi connectivity index (χ4n) is 4.72. The topological polar surface area (TPSA) is 39.2 Å². The molecule has 0 amide bonds. The lowest BCUT2D eigenvalue weighted by Gasteiger charge is -2.09. The molecule has 20 heavy (non-hydrogen) atoms. The summed E-state index contributed by atoms with van der Waals surface area (Å²) in [5.74, 6) is 4.41. The Bertz CT molecular complexity index is 526. The molecule has 0 radical (unpaired) electrons. The highest BCUT2D eigenvalue weighted by atomic mass is 16.5. The van der Waals surface area contributed by atoms with Crippen molar-refractivity contribution in [3.63, 3.8) is 0 Å². The Labute approximate surface area is 119 Å². The van der Waals surface area contributed by atoms with Gasteiger partial charge in [-0.25, -0.2) is 0 Å². The van der Waals surface area contributed by atoms with E-state index in [4.69, 9.17) is 4.74 Å². The summed E-state index contributed by atoms with van der Waals surface area (Å²) in [5.41, 5.74) is 0.748. The Morgan fingerprint density at radius 2 is 2.05 bits per heavy atom. The molecule has 1 aromatic rings. The summed E-state index contributed by atoms with van der Waals surface area (Å²) in [6, 6.07) is 1.88. The lowest BCUT2D eigenvalue weighted by molar-refractivity contribution is 0.0943. The normalized spacial score (nSPS) is 36.8. The van der Waals surface area contributed by atoms with Crippen molar-refractivity contribution in [1.29, 1.82) is 0 Å². The second-order valence-corrected chi connectivity index (χ2v) is 6.64. The van der Waals surface area contributed by atoms with Gasteiger partial charge in [-0.3, -0.25) is 9.78 Å². The van der Waals surface area contributed by atoms with E-state index in [0.717, 1.165) is 29.6 Å². The minimum absolute atomic E-state index is 0.296. The highest BCUT2D eigenvalue weighted by molar-refractivity contribution is 6.00. The van der Waals surface area contributed by atoms with Crippen molar-refractivity contribution in [2.24, 2.45) is 29.6 Å². The maximum atomic E-state index is 12.7. The van der Waals surface area contributed by atoms with Crippen LogP contribution >= 0.6 is 0 Å². The van der Waals surface area contributed by atoms with Crippen molar-refractivity contribution in [2.75, 3.05) is 6.61 Å². The molecule has 3 fully saturated rings. The van der Waals surface area contributed by atoms with Gasteiger partial charge in [-0.05, 0) is 55.4 Å². The molecule has 1 heterocycles. The third kappa shape index (κ3) is 1.79. The van der Waals surface area contributed by atoms with Gasteiger partial charge in [0.15, 0.2) is 5.78 Å². The molecule has 4 unspecified atom stereocenters. The van der Waals surface area contributed by atoms with E-state index in [-0.39, 0.29) is 0 Å². The van der Waals surface area contributed by atoms with Crippen LogP contribution in [0.25, 0.3) is 0 Å². The van der Waals surface area contributed by atoms with Gasteiger partial charge in [0.25, 0.3) is 0 Å². The van der Waals surface area contributed by atoms with E-state index in [2.05, 4.69) is 11.9 Å². The third-order valence-electron chi connectivity index (χ3n) is 5.51. The Kier molecular flexibility index (Phi) is 2.83. The summed E-state index contributed by atoms with van der Waals surface area (Å²) in [6.07, 6.45) is 8.47. The summed E-state index contributed by atoms with van der Waals surface area (Å²) in [7, 11) is 0. The van der Waals surface area contributed by atoms with Gasteiger partial charge in [0.1, 0.15) is 5.75 Å². The number of ether oxygens (including phenoxy) is 1. The molecule has 0 aromatic carbocycles. The predicted octanol–water partition coefficient (Wildman–Crippen LogP) is 3.35. The van der Waals surface area contributed by atoms with Crippen LogP contribution in [-0.2, 0) is 0 Å². The van der Waals surface area contributed by atoms with Crippen molar-refractivity contribution >= 4 is 5.78 Å². The molecule has 3 aliphatic rings. The number of pyridine rings is 1. The lowest BCUT2D eigenvalue weighted by Crippen LogP contribution is -2.10. The molecule has 0 aliphatic heterocycles. The molecule has 0 saturated heterocycles. The number of rotatable bonds is 5. The number of nitrogens with zero attached hydrogens (tertiary/aromatic N) is 1. The summed E-state index contributed by atoms with van der Waals surface area (Å²) in [5, 5.41) is 0. The number of fused-ring (bicyclic) bond motifs is 5. The number of Topliss-reactive ketones (excluding diaryl/α,β-unsaturated/α-hetero) is 1. The van der Waals surface area contributed by atoms with E-state index in [9.17, 15) is 4.79 Å². The predicted molar refractivity (Wildman–Crippen MR) is 75.7 cm³/mol. The molecule has 0 spiro atoms. The number of hydrogen-bond acceptors (Lipinski definition) is 3. The van der Waals surface area contributed by atoms with Gasteiger partial charge in [-0.1, -0.05) is 6.92 Å². The fraction of sp³-hybridized carbons (Fsp3) is 0.647. The van der Waals surface area contributed by atoms with E-state index in [0.29, 0.717) is 30.1 Å². The lowest BCUT2D eigenvalue weighted by atomic mass is 9.97. The summed E-state index contributed by atoms with van der Waals surface area (Å²) in [4.78, 5) is 16.8. The molecule has 1 aromatic heterocycles. The monoisotopic (exact) mass is 271 g/mol. The molecular formula is C17H21NO2. The summed E-state index contributed by atoms with van der Waals surface area (Å²) >= 11 is 0. The minimum Gasteiger partial charge on any atom is -0.492 e. The van der Waals surface area contributed by atoms with Gasteiger partial charge in [0.2, 0.25) is 0 Å². The SMILES string of the molecule is CCCOc1cncc(C(=O)C2C3C4CCC(C4)C23)c1. The van der Waals surface area contributed by atoms with Gasteiger partial charge in [-0.2, -0.15) is 0 Å². The van der Waals surface area contributed by atoms with Gasteiger partial charge in [0, 0.05) is 17.7 Å². The van der Waals surface area contributed by atoms with Gasteiger partial charge in [-0.15, -0.1) is 0 Å². The quantitative estimate of drug-likeness (QED) is 0.771. The maximum absolute atomic E-state index is 12.7. The Balaban J connectivity index is 1.49. The molecule has 4 rings (SSSR count). The first-order valence-corrected chi connectivity index (χ1v) is 7.91. The molecular weight excluding hydrogens is 250 g/mol. The van der Waals surface area contributed by atoms with Gasteiger partial charge >= 0.3 is 0 Å². The molecule has 106 valence electrons. The van der Waals surface area contributed by atoms with E-state index in [1.54, 1.807) is 12.4 Å². The summed E-state index contributed by atoms with van der Waals surface area (Å²) < 4.78 is 5.58. The second-order valence-electron chi connectivity index (χ2n) is 6.64. The maximum Gasteiger partial charge on any atom is 0.168 e. The number of ketones is 1. The highest BCUT2D eigenvalue weighted by Gasteiger charge is 2.67. The average molecular weight is 271 g/mol. The minimum atomic E-state index is 0.296. The number of carbonyl (C=O) groups is 1. The van der Waals surface area contributed by atoms with Crippen LogP contribution in [0.2, 0.25) is 0 Å². The first kappa shape index (κ1) is 12.4. The Hall–Kier alpha value is -1.38. The van der Waals surface area contributed by atoms with Crippen LogP contribution in [0.15, 0.2) is 18.5 Å². The molecule has 3 heteroatoms. The largest absolute Gasteiger partial charge is 0.492 e. The number of hydrogen-bond donors (Lipinski definition) is 0. The number of aromatic nitrogens is 1. The first-order valence-electron chi connectivity index (χ1n) is 7.91. The number of carbonyl (C=O) groups excluding carboxylic acids is 1. The zero-order valence-electron chi connectivity index (χ0n) is 11.9. The van der Waals surface area contributed by atoms with Crippen molar-refractivity contribution in [1.82, 2.24) is 4.98 Å². The second kappa shape index (κ2) is 4.57. The van der Waals surface area contributed by atoms with Crippen molar-refractivity contribution < 1.29 is 9.53 Å². The zero-order valence-corrected chi connectivity index (χ0v) is 11.9. The molecule has 2 bridgehead atoms. The zero-order chi connectivity index (χ0) is 13.7. The van der Waals surface area contributed by atoms with E-state index >= 15 is 0 Å².